The third kappa shape index (κ3) is 4.90. The summed E-state index contributed by atoms with van der Waals surface area (Å²) in [5, 5.41) is 20.5. The van der Waals surface area contributed by atoms with Crippen molar-refractivity contribution >= 4 is 37.1 Å². The fourth-order valence-electron chi connectivity index (χ4n) is 2.50. The second-order valence-corrected chi connectivity index (χ2v) is 9.48. The first kappa shape index (κ1) is 22.0. The highest BCUT2D eigenvalue weighted by Gasteiger charge is 2.23. The van der Waals surface area contributed by atoms with Gasteiger partial charge in [0.2, 0.25) is 0 Å². The SMILES string of the molecule is O=[N+]([O-])c1cc(S(=O)(=O)Nc2ccccc2NS(=O)(=O)c2ccc(F)cc2)ccc1O. The average Bonchev–Trinajstić information content (AvgIpc) is 2.69. The summed E-state index contributed by atoms with van der Waals surface area (Å²) >= 11 is 0. The van der Waals surface area contributed by atoms with E-state index in [-0.39, 0.29) is 16.3 Å². The minimum atomic E-state index is -4.38. The number of aromatic hydroxyl groups is 1. The fourth-order valence-corrected chi connectivity index (χ4v) is 4.68. The lowest BCUT2D eigenvalue weighted by atomic mass is 10.3. The summed E-state index contributed by atoms with van der Waals surface area (Å²) in [5.41, 5.74) is -1.11. The van der Waals surface area contributed by atoms with Crippen LogP contribution in [0.15, 0.2) is 76.5 Å². The van der Waals surface area contributed by atoms with E-state index in [2.05, 4.69) is 9.44 Å². The second kappa shape index (κ2) is 8.20. The molecule has 10 nitrogen and oxygen atoms in total. The molecule has 0 aliphatic rings. The number of benzene rings is 3. The summed E-state index contributed by atoms with van der Waals surface area (Å²) in [6, 6.07) is 11.9. The third-order valence-corrected chi connectivity index (χ3v) is 6.74. The van der Waals surface area contributed by atoms with Gasteiger partial charge in [0, 0.05) is 6.07 Å². The van der Waals surface area contributed by atoms with Crippen molar-refractivity contribution in [1.82, 2.24) is 0 Å². The Balaban J connectivity index is 1.94. The Kier molecular flexibility index (Phi) is 5.81. The number of nitrogens with one attached hydrogen (secondary N) is 2. The van der Waals surface area contributed by atoms with Gasteiger partial charge in [-0.3, -0.25) is 19.6 Å². The molecule has 0 aliphatic carbocycles. The predicted octanol–water partition coefficient (Wildman–Crippen LogP) is 3.04. The van der Waals surface area contributed by atoms with Crippen molar-refractivity contribution in [1.29, 1.82) is 0 Å². The molecule has 0 saturated carbocycles. The van der Waals surface area contributed by atoms with Crippen molar-refractivity contribution in [2.45, 2.75) is 9.79 Å². The van der Waals surface area contributed by atoms with Crippen LogP contribution in [0.3, 0.4) is 0 Å². The molecule has 3 aromatic carbocycles. The smallest absolute Gasteiger partial charge is 0.312 e. The van der Waals surface area contributed by atoms with Crippen LogP contribution in [0.5, 0.6) is 5.75 Å². The van der Waals surface area contributed by atoms with Gasteiger partial charge in [0.25, 0.3) is 20.0 Å². The molecule has 31 heavy (non-hydrogen) atoms. The van der Waals surface area contributed by atoms with Crippen LogP contribution in [-0.4, -0.2) is 26.9 Å². The fraction of sp³-hybridized carbons (Fsp3) is 0. The maximum Gasteiger partial charge on any atom is 0.312 e. The number of nitro groups is 1. The molecule has 0 fully saturated rings. The zero-order valence-electron chi connectivity index (χ0n) is 15.4. The number of rotatable bonds is 7. The summed E-state index contributed by atoms with van der Waals surface area (Å²) in [4.78, 5) is 9.24. The Morgan fingerprint density at radius 2 is 1.29 bits per heavy atom. The van der Waals surface area contributed by atoms with E-state index in [1.807, 2.05) is 0 Å². The normalized spacial score (nSPS) is 11.6. The number of nitro benzene ring substituents is 1. The molecule has 0 bridgehead atoms. The van der Waals surface area contributed by atoms with Crippen LogP contribution in [-0.2, 0) is 20.0 Å². The number of para-hydroxylation sites is 2. The average molecular weight is 467 g/mol. The van der Waals surface area contributed by atoms with E-state index in [0.29, 0.717) is 6.07 Å². The summed E-state index contributed by atoms with van der Waals surface area (Å²) in [6.07, 6.45) is 0. The number of sulfonamides is 2. The van der Waals surface area contributed by atoms with Gasteiger partial charge >= 0.3 is 5.69 Å². The van der Waals surface area contributed by atoms with E-state index in [4.69, 9.17) is 0 Å². The lowest BCUT2D eigenvalue weighted by molar-refractivity contribution is -0.386. The highest BCUT2D eigenvalue weighted by molar-refractivity contribution is 7.93. The van der Waals surface area contributed by atoms with Crippen LogP contribution in [0.4, 0.5) is 21.5 Å². The van der Waals surface area contributed by atoms with Crippen LogP contribution >= 0.6 is 0 Å². The molecule has 0 aromatic heterocycles. The number of phenols is 1. The molecule has 13 heteroatoms. The van der Waals surface area contributed by atoms with Crippen LogP contribution < -0.4 is 9.44 Å². The topological polar surface area (TPSA) is 156 Å². The van der Waals surface area contributed by atoms with Gasteiger partial charge in [-0.25, -0.2) is 21.2 Å². The van der Waals surface area contributed by atoms with Crippen LogP contribution in [0.2, 0.25) is 0 Å². The molecule has 0 atom stereocenters. The monoisotopic (exact) mass is 467 g/mol. The molecule has 3 N–H and O–H groups in total. The quantitative estimate of drug-likeness (QED) is 0.356. The molecule has 0 radical (unpaired) electrons. The highest BCUT2D eigenvalue weighted by atomic mass is 32.2. The molecule has 0 unspecified atom stereocenters. The standard InChI is InChI=1S/C18H14FN3O7S2/c19-12-5-7-13(8-6-12)30(26,27)20-15-3-1-2-4-16(15)21-31(28,29)14-9-10-18(23)17(11-14)22(24)25/h1-11,20-21,23H. The van der Waals surface area contributed by atoms with Gasteiger partial charge in [0.15, 0.2) is 5.75 Å². The minimum absolute atomic E-state index is 0.135. The van der Waals surface area contributed by atoms with E-state index in [1.54, 1.807) is 0 Å². The first-order valence-electron chi connectivity index (χ1n) is 8.37. The Labute approximate surface area is 176 Å². The number of hydrogen-bond acceptors (Lipinski definition) is 7. The van der Waals surface area contributed by atoms with Gasteiger partial charge in [-0.05, 0) is 48.5 Å². The highest BCUT2D eigenvalue weighted by Crippen LogP contribution is 2.31. The lowest BCUT2D eigenvalue weighted by Crippen LogP contribution is -2.17. The molecule has 0 aliphatic heterocycles. The molecule has 0 spiro atoms. The van der Waals surface area contributed by atoms with Gasteiger partial charge in [0.1, 0.15) is 5.82 Å². The van der Waals surface area contributed by atoms with Gasteiger partial charge in [-0.2, -0.15) is 0 Å². The Bertz CT molecular complexity index is 1360. The van der Waals surface area contributed by atoms with E-state index in [0.717, 1.165) is 36.4 Å². The first-order chi connectivity index (χ1) is 14.5. The van der Waals surface area contributed by atoms with Crippen LogP contribution in [0.1, 0.15) is 0 Å². The Hall–Kier alpha value is -3.71. The predicted molar refractivity (Wildman–Crippen MR) is 109 cm³/mol. The van der Waals surface area contributed by atoms with E-state index in [9.17, 15) is 36.4 Å². The van der Waals surface area contributed by atoms with Gasteiger partial charge in [-0.15, -0.1) is 0 Å². The first-order valence-corrected chi connectivity index (χ1v) is 11.3. The minimum Gasteiger partial charge on any atom is -0.502 e. The van der Waals surface area contributed by atoms with Gasteiger partial charge < -0.3 is 5.11 Å². The van der Waals surface area contributed by atoms with Crippen molar-refractivity contribution in [3.8, 4) is 5.75 Å². The number of hydrogen-bond donors (Lipinski definition) is 3. The second-order valence-electron chi connectivity index (χ2n) is 6.12. The summed E-state index contributed by atoms with van der Waals surface area (Å²) in [5.74, 6) is -1.34. The molecular weight excluding hydrogens is 453 g/mol. The molecule has 0 heterocycles. The summed E-state index contributed by atoms with van der Waals surface area (Å²) < 4.78 is 67.9. The number of phenolic OH excluding ortho intramolecular Hbond substituents is 1. The zero-order chi connectivity index (χ0) is 22.8. The molecule has 162 valence electrons. The number of nitrogens with zero attached hydrogens (tertiary/aromatic N) is 1. The largest absolute Gasteiger partial charge is 0.502 e. The van der Waals surface area contributed by atoms with E-state index in [1.165, 1.54) is 24.3 Å². The maximum atomic E-state index is 13.1. The molecule has 3 aromatic rings. The number of halogens is 1. The molecule has 0 amide bonds. The van der Waals surface area contributed by atoms with Crippen molar-refractivity contribution < 1.29 is 31.3 Å². The van der Waals surface area contributed by atoms with Crippen molar-refractivity contribution in [3.05, 3.63) is 82.7 Å². The van der Waals surface area contributed by atoms with Crippen molar-refractivity contribution in [3.63, 3.8) is 0 Å². The molecule has 3 rings (SSSR count). The van der Waals surface area contributed by atoms with E-state index < -0.39 is 47.1 Å². The Morgan fingerprint density at radius 3 is 1.81 bits per heavy atom. The molecule has 0 saturated heterocycles. The van der Waals surface area contributed by atoms with Crippen molar-refractivity contribution in [2.24, 2.45) is 0 Å². The lowest BCUT2D eigenvalue weighted by Gasteiger charge is -2.14. The van der Waals surface area contributed by atoms with Gasteiger partial charge in [-0.1, -0.05) is 12.1 Å². The summed E-state index contributed by atoms with van der Waals surface area (Å²) in [7, 11) is -8.55. The molecular formula is C18H14FN3O7S2. The van der Waals surface area contributed by atoms with Crippen LogP contribution in [0.25, 0.3) is 0 Å². The maximum absolute atomic E-state index is 13.1. The van der Waals surface area contributed by atoms with Crippen molar-refractivity contribution in [2.75, 3.05) is 9.44 Å². The Morgan fingerprint density at radius 1 is 0.806 bits per heavy atom. The number of anilines is 2. The zero-order valence-corrected chi connectivity index (χ0v) is 17.0. The van der Waals surface area contributed by atoms with Gasteiger partial charge in [0.05, 0.1) is 26.1 Å². The third-order valence-electron chi connectivity index (χ3n) is 3.99. The van der Waals surface area contributed by atoms with E-state index >= 15 is 0 Å². The van der Waals surface area contributed by atoms with Crippen LogP contribution in [0, 0.1) is 15.9 Å². The summed E-state index contributed by atoms with van der Waals surface area (Å²) in [6.45, 7) is 0.